The maximum absolute atomic E-state index is 12.7. The smallest absolute Gasteiger partial charge is 0.336 e. The van der Waals surface area contributed by atoms with Gasteiger partial charge in [0.15, 0.2) is 5.78 Å². The minimum absolute atomic E-state index is 0.132. The van der Waals surface area contributed by atoms with Gasteiger partial charge in [0.25, 0.3) is 0 Å². The Morgan fingerprint density at radius 3 is 2.60 bits per heavy atom. The van der Waals surface area contributed by atoms with Crippen LogP contribution in [0.15, 0.2) is 46.8 Å². The molecule has 0 saturated heterocycles. The molecule has 1 N–H and O–H groups in total. The van der Waals surface area contributed by atoms with Crippen molar-refractivity contribution in [3.8, 4) is 0 Å². The lowest BCUT2D eigenvalue weighted by molar-refractivity contribution is -0.139. The first-order valence-corrected chi connectivity index (χ1v) is 9.00. The standard InChI is InChI=1S/C21H25NO3/c1-4-12-25-21(24)18-14(3)22-16-6-5-7-17(23)20(16)19(18)15-10-8-13(2)9-11-15/h8-11,19,22H,4-7,12H2,1-3H3/t19-/m1/s1. The van der Waals surface area contributed by atoms with Crippen molar-refractivity contribution >= 4 is 11.8 Å². The summed E-state index contributed by atoms with van der Waals surface area (Å²) in [5.41, 5.74) is 5.18. The van der Waals surface area contributed by atoms with E-state index in [1.54, 1.807) is 0 Å². The van der Waals surface area contributed by atoms with Gasteiger partial charge in [0, 0.05) is 29.3 Å². The summed E-state index contributed by atoms with van der Waals surface area (Å²) in [5, 5.41) is 3.30. The van der Waals surface area contributed by atoms with Gasteiger partial charge in [-0.3, -0.25) is 4.79 Å². The lowest BCUT2D eigenvalue weighted by Crippen LogP contribution is -2.34. The summed E-state index contributed by atoms with van der Waals surface area (Å²) < 4.78 is 5.42. The highest BCUT2D eigenvalue weighted by Crippen LogP contribution is 2.42. The molecule has 4 heteroatoms. The van der Waals surface area contributed by atoms with E-state index in [1.807, 2.05) is 45.0 Å². The van der Waals surface area contributed by atoms with Gasteiger partial charge >= 0.3 is 5.97 Å². The molecule has 4 nitrogen and oxygen atoms in total. The van der Waals surface area contributed by atoms with Gasteiger partial charge in [0.05, 0.1) is 12.2 Å². The number of hydrogen-bond donors (Lipinski definition) is 1. The van der Waals surface area contributed by atoms with Crippen LogP contribution in [0.2, 0.25) is 0 Å². The average Bonchev–Trinajstić information content (AvgIpc) is 2.59. The van der Waals surface area contributed by atoms with E-state index in [0.717, 1.165) is 47.4 Å². The molecule has 0 fully saturated rings. The van der Waals surface area contributed by atoms with Crippen LogP contribution in [0, 0.1) is 6.92 Å². The number of hydrogen-bond acceptors (Lipinski definition) is 4. The molecule has 0 bridgehead atoms. The summed E-state index contributed by atoms with van der Waals surface area (Å²) in [5.74, 6) is -0.538. The second-order valence-electron chi connectivity index (χ2n) is 6.81. The monoisotopic (exact) mass is 339 g/mol. The van der Waals surface area contributed by atoms with Gasteiger partial charge in [-0.15, -0.1) is 0 Å². The zero-order chi connectivity index (χ0) is 18.0. The summed E-state index contributed by atoms with van der Waals surface area (Å²) in [7, 11) is 0. The molecule has 0 saturated carbocycles. The van der Waals surface area contributed by atoms with E-state index in [4.69, 9.17) is 4.74 Å². The average molecular weight is 339 g/mol. The van der Waals surface area contributed by atoms with Crippen molar-refractivity contribution in [3.05, 3.63) is 57.9 Å². The van der Waals surface area contributed by atoms with Gasteiger partial charge in [-0.1, -0.05) is 36.8 Å². The first-order valence-electron chi connectivity index (χ1n) is 9.00. The topological polar surface area (TPSA) is 55.4 Å². The van der Waals surface area contributed by atoms with E-state index in [0.29, 0.717) is 18.6 Å². The van der Waals surface area contributed by atoms with Crippen LogP contribution in [0.5, 0.6) is 0 Å². The van der Waals surface area contributed by atoms with Crippen LogP contribution in [-0.4, -0.2) is 18.4 Å². The molecule has 25 heavy (non-hydrogen) atoms. The van der Waals surface area contributed by atoms with E-state index in [1.165, 1.54) is 0 Å². The van der Waals surface area contributed by atoms with Gasteiger partial charge < -0.3 is 10.1 Å². The van der Waals surface area contributed by atoms with E-state index < -0.39 is 0 Å². The van der Waals surface area contributed by atoms with Gasteiger partial charge in [0.2, 0.25) is 0 Å². The van der Waals surface area contributed by atoms with Crippen LogP contribution >= 0.6 is 0 Å². The molecule has 0 unspecified atom stereocenters. The van der Waals surface area contributed by atoms with Gasteiger partial charge in [0.1, 0.15) is 0 Å². The largest absolute Gasteiger partial charge is 0.462 e. The molecule has 2 aliphatic rings. The molecule has 0 aromatic heterocycles. The maximum atomic E-state index is 12.7. The van der Waals surface area contributed by atoms with Crippen LogP contribution in [0.3, 0.4) is 0 Å². The number of ketones is 1. The molecule has 0 amide bonds. The van der Waals surface area contributed by atoms with Crippen LogP contribution < -0.4 is 5.32 Å². The fourth-order valence-electron chi connectivity index (χ4n) is 3.62. The summed E-state index contributed by atoms with van der Waals surface area (Å²) in [6.07, 6.45) is 3.01. The molecule has 1 heterocycles. The maximum Gasteiger partial charge on any atom is 0.336 e. The van der Waals surface area contributed by atoms with Crippen LogP contribution in [0.1, 0.15) is 56.6 Å². The molecule has 132 valence electrons. The van der Waals surface area contributed by atoms with E-state index in [2.05, 4.69) is 5.32 Å². The zero-order valence-corrected chi connectivity index (χ0v) is 15.1. The second-order valence-corrected chi connectivity index (χ2v) is 6.81. The highest BCUT2D eigenvalue weighted by atomic mass is 16.5. The Hall–Kier alpha value is -2.36. The summed E-state index contributed by atoms with van der Waals surface area (Å²) in [6, 6.07) is 8.07. The molecule has 0 radical (unpaired) electrons. The Labute approximate surface area is 149 Å². The molecule has 1 aliphatic heterocycles. The zero-order valence-electron chi connectivity index (χ0n) is 15.1. The second kappa shape index (κ2) is 7.26. The van der Waals surface area contributed by atoms with E-state index >= 15 is 0 Å². The fourth-order valence-corrected chi connectivity index (χ4v) is 3.62. The van der Waals surface area contributed by atoms with Crippen molar-refractivity contribution in [2.45, 2.75) is 52.4 Å². The third-order valence-electron chi connectivity index (χ3n) is 4.84. The molecule has 1 aromatic rings. The predicted molar refractivity (Wildman–Crippen MR) is 96.9 cm³/mol. The minimum atomic E-state index is -0.339. The number of allylic oxidation sites excluding steroid dienone is 3. The van der Waals surface area contributed by atoms with Crippen LogP contribution in [-0.2, 0) is 14.3 Å². The number of nitrogens with one attached hydrogen (secondary N) is 1. The van der Waals surface area contributed by atoms with Crippen molar-refractivity contribution in [1.29, 1.82) is 0 Å². The number of rotatable bonds is 4. The number of aryl methyl sites for hydroxylation is 1. The lowest BCUT2D eigenvalue weighted by atomic mass is 9.75. The number of carbonyl (C=O) groups is 2. The van der Waals surface area contributed by atoms with Crippen molar-refractivity contribution < 1.29 is 14.3 Å². The molecule has 1 aromatic carbocycles. The quantitative estimate of drug-likeness (QED) is 0.845. The number of benzene rings is 1. The molecule has 1 atom stereocenters. The van der Waals surface area contributed by atoms with Crippen molar-refractivity contribution in [2.75, 3.05) is 6.61 Å². The number of Topliss-reactive ketones (excluding diaryl/α,β-unsaturated/α-hetero) is 1. The van der Waals surface area contributed by atoms with Gasteiger partial charge in [-0.25, -0.2) is 4.79 Å². The summed E-state index contributed by atoms with van der Waals surface area (Å²) in [6.45, 7) is 6.28. The van der Waals surface area contributed by atoms with Gasteiger partial charge in [-0.2, -0.15) is 0 Å². The third-order valence-corrected chi connectivity index (χ3v) is 4.84. The number of dihydropyridines is 1. The van der Waals surface area contributed by atoms with E-state index in [9.17, 15) is 9.59 Å². The van der Waals surface area contributed by atoms with Crippen molar-refractivity contribution in [2.24, 2.45) is 0 Å². The number of ether oxygens (including phenoxy) is 1. The van der Waals surface area contributed by atoms with Crippen molar-refractivity contribution in [1.82, 2.24) is 5.32 Å². The lowest BCUT2D eigenvalue weighted by Gasteiger charge is -2.34. The normalized spacial score (nSPS) is 20.3. The minimum Gasteiger partial charge on any atom is -0.462 e. The Morgan fingerprint density at radius 2 is 1.92 bits per heavy atom. The Balaban J connectivity index is 2.10. The Kier molecular flexibility index (Phi) is 5.07. The SMILES string of the molecule is CCCOC(=O)C1=C(C)NC2=C(C(=O)CCC2)[C@@H]1c1ccc(C)cc1. The van der Waals surface area contributed by atoms with Crippen molar-refractivity contribution in [3.63, 3.8) is 0 Å². The third kappa shape index (κ3) is 3.39. The molecule has 1 aliphatic carbocycles. The highest BCUT2D eigenvalue weighted by molar-refractivity contribution is 6.03. The number of esters is 1. The summed E-state index contributed by atoms with van der Waals surface area (Å²) >= 11 is 0. The first kappa shape index (κ1) is 17.5. The van der Waals surface area contributed by atoms with Crippen LogP contribution in [0.25, 0.3) is 0 Å². The molecule has 3 rings (SSSR count). The predicted octanol–water partition coefficient (Wildman–Crippen LogP) is 3.92. The number of carbonyl (C=O) groups excluding carboxylic acids is 2. The molecular formula is C21H25NO3. The molecule has 0 spiro atoms. The molecular weight excluding hydrogens is 314 g/mol. The Bertz CT molecular complexity index is 756. The first-order chi connectivity index (χ1) is 12.0. The van der Waals surface area contributed by atoms with Crippen LogP contribution in [0.4, 0.5) is 0 Å². The fraction of sp³-hybridized carbons (Fsp3) is 0.429. The van der Waals surface area contributed by atoms with E-state index in [-0.39, 0.29) is 17.7 Å². The summed E-state index contributed by atoms with van der Waals surface area (Å²) in [4.78, 5) is 25.4. The van der Waals surface area contributed by atoms with Gasteiger partial charge in [-0.05, 0) is 38.7 Å². The highest BCUT2D eigenvalue weighted by Gasteiger charge is 2.38. The Morgan fingerprint density at radius 1 is 1.20 bits per heavy atom.